The van der Waals surface area contributed by atoms with Crippen LogP contribution in [-0.4, -0.2) is 68.7 Å². The number of carboxylic acid groups (broad SMARTS) is 1. The third kappa shape index (κ3) is 6.60. The van der Waals surface area contributed by atoms with Gasteiger partial charge in [0.2, 0.25) is 0 Å². The summed E-state index contributed by atoms with van der Waals surface area (Å²) in [5, 5.41) is 8.47. The maximum Gasteiger partial charge on any atom is 0.329 e. The van der Waals surface area contributed by atoms with E-state index in [1.165, 1.54) is 6.26 Å². The van der Waals surface area contributed by atoms with Gasteiger partial charge >= 0.3 is 5.97 Å². The molecule has 1 aliphatic heterocycles. The van der Waals surface area contributed by atoms with E-state index in [2.05, 4.69) is 4.90 Å². The largest absolute Gasteiger partial charge is 0.480 e. The number of nitrogens with zero attached hydrogens (tertiary/aromatic N) is 1. The van der Waals surface area contributed by atoms with E-state index in [0.29, 0.717) is 6.54 Å². The van der Waals surface area contributed by atoms with Crippen molar-refractivity contribution in [1.82, 2.24) is 4.90 Å². The van der Waals surface area contributed by atoms with Crippen LogP contribution >= 0.6 is 0 Å². The Bertz CT molecular complexity index is 346. The topological polar surface area (TPSA) is 83.9 Å². The summed E-state index contributed by atoms with van der Waals surface area (Å²) in [5.41, 5.74) is 0. The second-order valence-electron chi connectivity index (χ2n) is 4.38. The molecule has 0 amide bonds. The summed E-state index contributed by atoms with van der Waals surface area (Å²) in [4.78, 5) is 12.4. The van der Waals surface area contributed by atoms with E-state index in [1.54, 1.807) is 0 Å². The predicted molar refractivity (Wildman–Crippen MR) is 62.8 cm³/mol. The van der Waals surface area contributed by atoms with Crippen molar-refractivity contribution < 1.29 is 23.1 Å². The van der Waals surface area contributed by atoms with Crippen LogP contribution in [0.2, 0.25) is 0 Å². The fourth-order valence-electron chi connectivity index (χ4n) is 1.78. The van der Waals surface area contributed by atoms with Gasteiger partial charge in [0.15, 0.2) is 0 Å². The minimum Gasteiger partial charge on any atom is -0.480 e. The second kappa shape index (κ2) is 6.32. The Morgan fingerprint density at radius 1 is 1.41 bits per heavy atom. The standard InChI is InChI=1S/C10H19NO5S/c1-17(14,15)7-6-11-4-2-9(3-5-11)16-8-10(12)13/h9H,2-8H2,1H3,(H,12,13). The van der Waals surface area contributed by atoms with E-state index in [-0.39, 0.29) is 18.5 Å². The zero-order chi connectivity index (χ0) is 12.9. The van der Waals surface area contributed by atoms with Crippen molar-refractivity contribution in [3.8, 4) is 0 Å². The van der Waals surface area contributed by atoms with Crippen molar-refractivity contribution in [2.24, 2.45) is 0 Å². The highest BCUT2D eigenvalue weighted by atomic mass is 32.2. The van der Waals surface area contributed by atoms with Gasteiger partial charge in [-0.3, -0.25) is 0 Å². The minimum atomic E-state index is -2.91. The molecule has 0 radical (unpaired) electrons. The van der Waals surface area contributed by atoms with Crippen LogP contribution in [0.25, 0.3) is 0 Å². The summed E-state index contributed by atoms with van der Waals surface area (Å²) in [6, 6.07) is 0. The molecule has 6 nitrogen and oxygen atoms in total. The van der Waals surface area contributed by atoms with Crippen LogP contribution in [-0.2, 0) is 19.4 Å². The first-order valence-electron chi connectivity index (χ1n) is 5.60. The monoisotopic (exact) mass is 265 g/mol. The first-order valence-corrected chi connectivity index (χ1v) is 7.66. The molecule has 1 saturated heterocycles. The van der Waals surface area contributed by atoms with E-state index in [9.17, 15) is 13.2 Å². The van der Waals surface area contributed by atoms with Gasteiger partial charge in [-0.15, -0.1) is 0 Å². The molecule has 7 heteroatoms. The zero-order valence-corrected chi connectivity index (χ0v) is 10.8. The number of likely N-dealkylation sites (tertiary alicyclic amines) is 1. The molecule has 1 fully saturated rings. The van der Waals surface area contributed by atoms with Crippen molar-refractivity contribution >= 4 is 15.8 Å². The number of carboxylic acids is 1. The van der Waals surface area contributed by atoms with Gasteiger partial charge in [-0.2, -0.15) is 0 Å². The number of hydrogen-bond donors (Lipinski definition) is 1. The quantitative estimate of drug-likeness (QED) is 0.703. The zero-order valence-electron chi connectivity index (χ0n) is 9.96. The van der Waals surface area contributed by atoms with Crippen LogP contribution in [0.15, 0.2) is 0 Å². The van der Waals surface area contributed by atoms with E-state index in [4.69, 9.17) is 9.84 Å². The third-order valence-electron chi connectivity index (χ3n) is 2.76. The summed E-state index contributed by atoms with van der Waals surface area (Å²) in [6.45, 7) is 1.82. The Labute approximate surface area is 101 Å². The normalized spacial score (nSPS) is 19.4. The highest BCUT2D eigenvalue weighted by molar-refractivity contribution is 7.90. The minimum absolute atomic E-state index is 0.0133. The lowest BCUT2D eigenvalue weighted by atomic mass is 10.1. The molecule has 0 aromatic heterocycles. The Hall–Kier alpha value is -0.660. The molecular formula is C10H19NO5S. The van der Waals surface area contributed by atoms with Crippen LogP contribution in [0.3, 0.4) is 0 Å². The van der Waals surface area contributed by atoms with Crippen molar-refractivity contribution in [3.05, 3.63) is 0 Å². The summed E-state index contributed by atoms with van der Waals surface area (Å²) in [5.74, 6) is -0.780. The van der Waals surface area contributed by atoms with Gasteiger partial charge in [0.1, 0.15) is 16.4 Å². The van der Waals surface area contributed by atoms with E-state index in [0.717, 1.165) is 25.9 Å². The molecule has 0 aliphatic carbocycles. The second-order valence-corrected chi connectivity index (χ2v) is 6.64. The molecule has 100 valence electrons. The van der Waals surface area contributed by atoms with Crippen LogP contribution in [0.1, 0.15) is 12.8 Å². The summed E-state index contributed by atoms with van der Waals surface area (Å²) in [6.07, 6.45) is 2.74. The molecule has 1 aliphatic rings. The van der Waals surface area contributed by atoms with Crippen LogP contribution < -0.4 is 0 Å². The van der Waals surface area contributed by atoms with E-state index in [1.807, 2.05) is 0 Å². The fraction of sp³-hybridized carbons (Fsp3) is 0.900. The number of carbonyl (C=O) groups is 1. The highest BCUT2D eigenvalue weighted by Gasteiger charge is 2.20. The Morgan fingerprint density at radius 2 is 2.00 bits per heavy atom. The Morgan fingerprint density at radius 3 is 2.47 bits per heavy atom. The molecule has 0 bridgehead atoms. The van der Waals surface area contributed by atoms with Gasteiger partial charge in [0.05, 0.1) is 11.9 Å². The van der Waals surface area contributed by atoms with Crippen LogP contribution in [0, 0.1) is 0 Å². The fourth-order valence-corrected chi connectivity index (χ4v) is 2.37. The van der Waals surface area contributed by atoms with Crippen molar-refractivity contribution in [2.45, 2.75) is 18.9 Å². The van der Waals surface area contributed by atoms with Gasteiger partial charge in [-0.25, -0.2) is 13.2 Å². The Kier molecular flexibility index (Phi) is 5.35. The predicted octanol–water partition coefficient (Wildman–Crippen LogP) is -0.403. The number of ether oxygens (including phenoxy) is 1. The SMILES string of the molecule is CS(=O)(=O)CCN1CCC(OCC(=O)O)CC1. The molecule has 1 heterocycles. The third-order valence-corrected chi connectivity index (χ3v) is 3.68. The average Bonchev–Trinajstić information content (AvgIpc) is 2.24. The van der Waals surface area contributed by atoms with Crippen molar-refractivity contribution in [1.29, 1.82) is 0 Å². The molecule has 17 heavy (non-hydrogen) atoms. The summed E-state index contributed by atoms with van der Waals surface area (Å²) >= 11 is 0. The van der Waals surface area contributed by atoms with Gasteiger partial charge in [0, 0.05) is 25.9 Å². The molecule has 0 atom stereocenters. The lowest BCUT2D eigenvalue weighted by Gasteiger charge is -2.31. The molecule has 0 aromatic carbocycles. The lowest BCUT2D eigenvalue weighted by Crippen LogP contribution is -2.39. The first kappa shape index (κ1) is 14.4. The lowest BCUT2D eigenvalue weighted by molar-refractivity contribution is -0.145. The smallest absolute Gasteiger partial charge is 0.329 e. The Balaban J connectivity index is 2.19. The molecule has 0 saturated carbocycles. The molecule has 0 spiro atoms. The van der Waals surface area contributed by atoms with Crippen LogP contribution in [0.5, 0.6) is 0 Å². The molecule has 1 rings (SSSR count). The molecular weight excluding hydrogens is 246 g/mol. The maximum absolute atomic E-state index is 11.0. The summed E-state index contributed by atoms with van der Waals surface area (Å²) < 4.78 is 27.2. The number of sulfone groups is 1. The number of aliphatic carboxylic acids is 1. The van der Waals surface area contributed by atoms with E-state index >= 15 is 0 Å². The number of hydrogen-bond acceptors (Lipinski definition) is 5. The first-order chi connectivity index (χ1) is 7.87. The van der Waals surface area contributed by atoms with Crippen LogP contribution in [0.4, 0.5) is 0 Å². The summed E-state index contributed by atoms with van der Waals surface area (Å²) in [7, 11) is -2.91. The maximum atomic E-state index is 11.0. The van der Waals surface area contributed by atoms with Gasteiger partial charge < -0.3 is 14.7 Å². The van der Waals surface area contributed by atoms with E-state index < -0.39 is 15.8 Å². The van der Waals surface area contributed by atoms with Gasteiger partial charge in [-0.05, 0) is 12.8 Å². The number of rotatable bonds is 6. The molecule has 0 aromatic rings. The van der Waals surface area contributed by atoms with Crippen molar-refractivity contribution in [2.75, 3.05) is 38.2 Å². The van der Waals surface area contributed by atoms with Crippen molar-refractivity contribution in [3.63, 3.8) is 0 Å². The highest BCUT2D eigenvalue weighted by Crippen LogP contribution is 2.13. The van der Waals surface area contributed by atoms with Gasteiger partial charge in [-0.1, -0.05) is 0 Å². The average molecular weight is 265 g/mol. The number of piperidine rings is 1. The molecule has 1 N–H and O–H groups in total. The van der Waals surface area contributed by atoms with Gasteiger partial charge in [0.25, 0.3) is 0 Å². The molecule has 0 unspecified atom stereocenters.